The normalized spacial score (nSPS) is 12.5. The number of nitrogens with one attached hydrogen (secondary N) is 1. The van der Waals surface area contributed by atoms with Gasteiger partial charge in [0.1, 0.15) is 0 Å². The highest BCUT2D eigenvalue weighted by atomic mass is 16.5. The van der Waals surface area contributed by atoms with Crippen LogP contribution in [0.1, 0.15) is 30.0 Å². The molecule has 6 heteroatoms. The topological polar surface area (TPSA) is 84.2 Å². The number of ether oxygens (including phenoxy) is 1. The van der Waals surface area contributed by atoms with Gasteiger partial charge in [-0.2, -0.15) is 5.10 Å². The average Bonchev–Trinajstić information content (AvgIpc) is 2.61. The molecule has 3 N–H and O–H groups in total. The van der Waals surface area contributed by atoms with Crippen LogP contribution >= 0.6 is 0 Å². The lowest BCUT2D eigenvalue weighted by Gasteiger charge is -2.26. The molecule has 0 saturated heterocycles. The first-order valence-electron chi connectivity index (χ1n) is 5.63. The lowest BCUT2D eigenvalue weighted by Crippen LogP contribution is -2.41. The summed E-state index contributed by atoms with van der Waals surface area (Å²) < 4.78 is 5.05. The summed E-state index contributed by atoms with van der Waals surface area (Å²) in [7, 11) is 1.61. The SMILES string of the molecule is CCN(C(=O)c1n[nH]c(C)c1N)C(C)COC. The van der Waals surface area contributed by atoms with E-state index in [-0.39, 0.29) is 17.6 Å². The number of rotatable bonds is 5. The highest BCUT2D eigenvalue weighted by molar-refractivity contribution is 5.97. The van der Waals surface area contributed by atoms with E-state index in [0.29, 0.717) is 24.5 Å². The predicted molar refractivity (Wildman–Crippen MR) is 65.8 cm³/mol. The molecule has 1 atom stereocenters. The second-order valence-electron chi connectivity index (χ2n) is 4.01. The number of aromatic nitrogens is 2. The molecule has 1 rings (SSSR count). The van der Waals surface area contributed by atoms with E-state index in [4.69, 9.17) is 10.5 Å². The maximum absolute atomic E-state index is 12.2. The molecule has 1 aromatic rings. The van der Waals surface area contributed by atoms with Gasteiger partial charge < -0.3 is 15.4 Å². The van der Waals surface area contributed by atoms with E-state index in [9.17, 15) is 4.79 Å². The fourth-order valence-electron chi connectivity index (χ4n) is 1.72. The molecule has 0 spiro atoms. The lowest BCUT2D eigenvalue weighted by atomic mass is 10.2. The number of nitrogens with zero attached hydrogens (tertiary/aromatic N) is 2. The van der Waals surface area contributed by atoms with Crippen LogP contribution in [0, 0.1) is 6.92 Å². The molecule has 1 aromatic heterocycles. The van der Waals surface area contributed by atoms with Crippen molar-refractivity contribution in [2.75, 3.05) is 26.0 Å². The van der Waals surface area contributed by atoms with Crippen LogP contribution in [0.3, 0.4) is 0 Å². The van der Waals surface area contributed by atoms with E-state index in [2.05, 4.69) is 10.2 Å². The van der Waals surface area contributed by atoms with E-state index in [1.54, 1.807) is 18.9 Å². The zero-order valence-corrected chi connectivity index (χ0v) is 10.8. The van der Waals surface area contributed by atoms with Gasteiger partial charge in [0.05, 0.1) is 24.0 Å². The van der Waals surface area contributed by atoms with Crippen molar-refractivity contribution < 1.29 is 9.53 Å². The molecule has 0 aliphatic rings. The zero-order chi connectivity index (χ0) is 13.0. The number of aromatic amines is 1. The standard InChI is InChI=1S/C11H20N4O2/c1-5-15(7(2)6-17-4)11(16)10-9(12)8(3)13-14-10/h7H,5-6,12H2,1-4H3,(H,13,14). The molecule has 1 heterocycles. The van der Waals surface area contributed by atoms with Crippen LogP contribution in [0.25, 0.3) is 0 Å². The molecule has 1 unspecified atom stereocenters. The number of hydrogen-bond acceptors (Lipinski definition) is 4. The molecule has 0 aliphatic carbocycles. The summed E-state index contributed by atoms with van der Waals surface area (Å²) in [6, 6.07) is -0.00564. The van der Waals surface area contributed by atoms with Gasteiger partial charge in [-0.1, -0.05) is 0 Å². The summed E-state index contributed by atoms with van der Waals surface area (Å²) >= 11 is 0. The van der Waals surface area contributed by atoms with Crippen molar-refractivity contribution in [2.45, 2.75) is 26.8 Å². The predicted octanol–water partition coefficient (Wildman–Crippen LogP) is 0.797. The number of amides is 1. The second kappa shape index (κ2) is 5.67. The third-order valence-electron chi connectivity index (χ3n) is 2.74. The summed E-state index contributed by atoms with van der Waals surface area (Å²) in [4.78, 5) is 13.9. The van der Waals surface area contributed by atoms with Crippen molar-refractivity contribution in [1.82, 2.24) is 15.1 Å². The van der Waals surface area contributed by atoms with E-state index < -0.39 is 0 Å². The number of carbonyl (C=O) groups excluding carboxylic acids is 1. The van der Waals surface area contributed by atoms with Gasteiger partial charge in [0, 0.05) is 13.7 Å². The monoisotopic (exact) mass is 240 g/mol. The number of H-pyrrole nitrogens is 1. The van der Waals surface area contributed by atoms with Crippen LogP contribution in [-0.4, -0.2) is 47.3 Å². The van der Waals surface area contributed by atoms with Crippen molar-refractivity contribution in [3.8, 4) is 0 Å². The van der Waals surface area contributed by atoms with Gasteiger partial charge >= 0.3 is 0 Å². The van der Waals surface area contributed by atoms with Crippen molar-refractivity contribution in [3.63, 3.8) is 0 Å². The molecule has 0 fully saturated rings. The van der Waals surface area contributed by atoms with E-state index in [0.717, 1.165) is 0 Å². The summed E-state index contributed by atoms with van der Waals surface area (Å²) in [6.45, 7) is 6.71. The Labute approximate surface area is 101 Å². The minimum Gasteiger partial charge on any atom is -0.395 e. The number of aryl methyl sites for hydroxylation is 1. The summed E-state index contributed by atoms with van der Waals surface area (Å²) in [5, 5.41) is 6.66. The van der Waals surface area contributed by atoms with Crippen LogP contribution < -0.4 is 5.73 Å². The third-order valence-corrected chi connectivity index (χ3v) is 2.74. The molecule has 17 heavy (non-hydrogen) atoms. The van der Waals surface area contributed by atoms with Gasteiger partial charge in [0.25, 0.3) is 5.91 Å². The number of methoxy groups -OCH3 is 1. The molecule has 0 aromatic carbocycles. The molecule has 6 nitrogen and oxygen atoms in total. The van der Waals surface area contributed by atoms with Crippen LogP contribution in [0.5, 0.6) is 0 Å². The number of anilines is 1. The first kappa shape index (κ1) is 13.5. The van der Waals surface area contributed by atoms with Crippen molar-refractivity contribution >= 4 is 11.6 Å². The first-order valence-corrected chi connectivity index (χ1v) is 5.63. The maximum atomic E-state index is 12.2. The molecule has 0 saturated carbocycles. The zero-order valence-electron chi connectivity index (χ0n) is 10.8. The van der Waals surface area contributed by atoms with Crippen molar-refractivity contribution in [1.29, 1.82) is 0 Å². The van der Waals surface area contributed by atoms with Gasteiger partial charge in [0.2, 0.25) is 0 Å². The Kier molecular flexibility index (Phi) is 4.51. The molecule has 0 aliphatic heterocycles. The number of nitrogens with two attached hydrogens (primary N) is 1. The van der Waals surface area contributed by atoms with Crippen molar-refractivity contribution in [3.05, 3.63) is 11.4 Å². The minimum absolute atomic E-state index is 0.00564. The van der Waals surface area contributed by atoms with Crippen LogP contribution in [0.4, 0.5) is 5.69 Å². The fraction of sp³-hybridized carbons (Fsp3) is 0.636. The lowest BCUT2D eigenvalue weighted by molar-refractivity contribution is 0.0574. The number of nitrogen functional groups attached to an aromatic ring is 1. The summed E-state index contributed by atoms with van der Waals surface area (Å²) in [5.41, 5.74) is 7.21. The molecule has 96 valence electrons. The Hall–Kier alpha value is -1.56. The van der Waals surface area contributed by atoms with E-state index in [1.807, 2.05) is 13.8 Å². The largest absolute Gasteiger partial charge is 0.395 e. The van der Waals surface area contributed by atoms with Gasteiger partial charge in [-0.3, -0.25) is 9.89 Å². The summed E-state index contributed by atoms with van der Waals surface area (Å²) in [5.74, 6) is -0.168. The third kappa shape index (κ3) is 2.76. The Balaban J connectivity index is 2.90. The van der Waals surface area contributed by atoms with Crippen LogP contribution in [0.2, 0.25) is 0 Å². The highest BCUT2D eigenvalue weighted by Crippen LogP contribution is 2.16. The first-order chi connectivity index (χ1) is 8.02. The molecule has 0 radical (unpaired) electrons. The van der Waals surface area contributed by atoms with Gasteiger partial charge in [-0.25, -0.2) is 0 Å². The number of hydrogen-bond donors (Lipinski definition) is 2. The summed E-state index contributed by atoms with van der Waals surface area (Å²) in [6.07, 6.45) is 0. The fourth-order valence-corrected chi connectivity index (χ4v) is 1.72. The van der Waals surface area contributed by atoms with Gasteiger partial charge in [-0.05, 0) is 20.8 Å². The molecular formula is C11H20N4O2. The number of likely N-dealkylation sites (N-methyl/N-ethyl adjacent to an activating group) is 1. The molecule has 1 amide bonds. The Bertz CT molecular complexity index is 389. The Morgan fingerprint density at radius 3 is 2.71 bits per heavy atom. The minimum atomic E-state index is -0.168. The van der Waals surface area contributed by atoms with Crippen LogP contribution in [-0.2, 0) is 4.74 Å². The second-order valence-corrected chi connectivity index (χ2v) is 4.01. The van der Waals surface area contributed by atoms with Gasteiger partial charge in [-0.15, -0.1) is 0 Å². The average molecular weight is 240 g/mol. The van der Waals surface area contributed by atoms with Crippen molar-refractivity contribution in [2.24, 2.45) is 0 Å². The highest BCUT2D eigenvalue weighted by Gasteiger charge is 2.24. The number of carbonyl (C=O) groups is 1. The molecule has 0 bridgehead atoms. The van der Waals surface area contributed by atoms with Gasteiger partial charge in [0.15, 0.2) is 5.69 Å². The van der Waals surface area contributed by atoms with E-state index >= 15 is 0 Å². The van der Waals surface area contributed by atoms with E-state index in [1.165, 1.54) is 0 Å². The molecular weight excluding hydrogens is 220 g/mol. The quantitative estimate of drug-likeness (QED) is 0.797. The smallest absolute Gasteiger partial charge is 0.276 e. The van der Waals surface area contributed by atoms with Crippen LogP contribution in [0.15, 0.2) is 0 Å². The Morgan fingerprint density at radius 2 is 2.29 bits per heavy atom. The maximum Gasteiger partial charge on any atom is 0.276 e. The Morgan fingerprint density at radius 1 is 1.65 bits per heavy atom.